The Morgan fingerprint density at radius 2 is 1.82 bits per heavy atom. The number of aryl methyl sites for hydroxylation is 1. The maximum Gasteiger partial charge on any atom is 0.249 e. The molecule has 0 spiro atoms. The predicted molar refractivity (Wildman–Crippen MR) is 129 cm³/mol. The minimum atomic E-state index is -0.0699. The highest BCUT2D eigenvalue weighted by Crippen LogP contribution is 2.30. The fraction of sp³-hybridized carbons (Fsp3) is 0.346. The average molecular weight is 444 g/mol. The molecule has 1 N–H and O–H groups in total. The van der Waals surface area contributed by atoms with Gasteiger partial charge in [0.15, 0.2) is 0 Å². The van der Waals surface area contributed by atoms with Gasteiger partial charge < -0.3 is 14.3 Å². The quantitative estimate of drug-likeness (QED) is 0.441. The molecule has 0 aliphatic carbocycles. The maximum atomic E-state index is 12.9. The standard InChI is InChI=1S/C26H29N5O2/c1-2-19-10-4-6-12-22(19)27-24(32)17-31-16-21(20-11-5-7-13-23(20)31)26-29-28-25(33-26)18-30-14-8-3-9-15-30/h4-7,10-13,16H,2-3,8-9,14-15,17-18H2,1H3,(H,27,32). The van der Waals surface area contributed by atoms with Gasteiger partial charge in [0, 0.05) is 22.8 Å². The second-order valence-corrected chi connectivity index (χ2v) is 8.58. The number of amides is 1. The van der Waals surface area contributed by atoms with Gasteiger partial charge in [-0.2, -0.15) is 0 Å². The van der Waals surface area contributed by atoms with Crippen LogP contribution in [0.4, 0.5) is 5.69 Å². The first-order valence-corrected chi connectivity index (χ1v) is 11.7. The fourth-order valence-electron chi connectivity index (χ4n) is 4.58. The molecule has 3 heterocycles. The number of fused-ring (bicyclic) bond motifs is 1. The number of carbonyl (C=O) groups excluding carboxylic acids is 1. The molecule has 5 rings (SSSR count). The summed E-state index contributed by atoms with van der Waals surface area (Å²) < 4.78 is 7.99. The van der Waals surface area contributed by atoms with Crippen molar-refractivity contribution in [2.24, 2.45) is 0 Å². The van der Waals surface area contributed by atoms with Crippen molar-refractivity contribution < 1.29 is 9.21 Å². The van der Waals surface area contributed by atoms with Gasteiger partial charge in [-0.3, -0.25) is 9.69 Å². The lowest BCUT2D eigenvalue weighted by molar-refractivity contribution is -0.116. The molecule has 0 atom stereocenters. The SMILES string of the molecule is CCc1ccccc1NC(=O)Cn1cc(-c2nnc(CN3CCCCC3)o2)c2ccccc21. The Morgan fingerprint density at radius 1 is 1.03 bits per heavy atom. The van der Waals surface area contributed by atoms with Crippen LogP contribution in [-0.2, 0) is 24.3 Å². The van der Waals surface area contributed by atoms with Crippen molar-refractivity contribution in [1.29, 1.82) is 0 Å². The van der Waals surface area contributed by atoms with Crippen LogP contribution in [0.25, 0.3) is 22.4 Å². The van der Waals surface area contributed by atoms with E-state index in [1.54, 1.807) is 0 Å². The predicted octanol–water partition coefficient (Wildman–Crippen LogP) is 4.88. The lowest BCUT2D eigenvalue weighted by Gasteiger charge is -2.24. The smallest absolute Gasteiger partial charge is 0.249 e. The van der Waals surface area contributed by atoms with Crippen molar-refractivity contribution >= 4 is 22.5 Å². The molecule has 33 heavy (non-hydrogen) atoms. The number of nitrogens with zero attached hydrogens (tertiary/aromatic N) is 4. The van der Waals surface area contributed by atoms with E-state index in [4.69, 9.17) is 4.42 Å². The molecule has 2 aromatic carbocycles. The molecule has 4 aromatic rings. The van der Waals surface area contributed by atoms with Crippen molar-refractivity contribution in [1.82, 2.24) is 19.7 Å². The highest BCUT2D eigenvalue weighted by Gasteiger charge is 2.19. The highest BCUT2D eigenvalue weighted by molar-refractivity contribution is 5.96. The number of para-hydroxylation sites is 2. The Morgan fingerprint density at radius 3 is 2.67 bits per heavy atom. The minimum absolute atomic E-state index is 0.0699. The molecule has 1 aliphatic heterocycles. The van der Waals surface area contributed by atoms with Crippen LogP contribution < -0.4 is 5.32 Å². The molecule has 2 aromatic heterocycles. The summed E-state index contributed by atoms with van der Waals surface area (Å²) in [5, 5.41) is 12.7. The number of nitrogens with one attached hydrogen (secondary N) is 1. The monoisotopic (exact) mass is 443 g/mol. The van der Waals surface area contributed by atoms with Crippen LogP contribution in [0.1, 0.15) is 37.6 Å². The van der Waals surface area contributed by atoms with E-state index in [1.807, 2.05) is 59.3 Å². The van der Waals surface area contributed by atoms with E-state index in [-0.39, 0.29) is 12.5 Å². The normalized spacial score (nSPS) is 14.6. The summed E-state index contributed by atoms with van der Waals surface area (Å²) in [7, 11) is 0. The largest absolute Gasteiger partial charge is 0.419 e. The van der Waals surface area contributed by atoms with Crippen LogP contribution in [0.2, 0.25) is 0 Å². The Labute approximate surface area is 193 Å². The molecular weight excluding hydrogens is 414 g/mol. The van der Waals surface area contributed by atoms with Crippen LogP contribution >= 0.6 is 0 Å². The van der Waals surface area contributed by atoms with Gasteiger partial charge in [0.1, 0.15) is 6.54 Å². The van der Waals surface area contributed by atoms with Crippen LogP contribution in [-0.4, -0.2) is 38.7 Å². The molecule has 0 radical (unpaired) electrons. The Bertz CT molecular complexity index is 1250. The van der Waals surface area contributed by atoms with E-state index in [0.29, 0.717) is 18.3 Å². The second kappa shape index (κ2) is 9.58. The van der Waals surface area contributed by atoms with Crippen LogP contribution in [0.5, 0.6) is 0 Å². The van der Waals surface area contributed by atoms with Crippen molar-refractivity contribution in [3.63, 3.8) is 0 Å². The van der Waals surface area contributed by atoms with Gasteiger partial charge in [-0.25, -0.2) is 0 Å². The van der Waals surface area contributed by atoms with Gasteiger partial charge in [-0.1, -0.05) is 49.7 Å². The second-order valence-electron chi connectivity index (χ2n) is 8.58. The van der Waals surface area contributed by atoms with E-state index in [1.165, 1.54) is 19.3 Å². The Balaban J connectivity index is 1.38. The number of aromatic nitrogens is 3. The van der Waals surface area contributed by atoms with E-state index in [9.17, 15) is 4.79 Å². The number of hydrogen-bond acceptors (Lipinski definition) is 5. The van der Waals surface area contributed by atoms with Gasteiger partial charge in [-0.15, -0.1) is 10.2 Å². The van der Waals surface area contributed by atoms with Crippen LogP contribution in [0.3, 0.4) is 0 Å². The zero-order chi connectivity index (χ0) is 22.6. The molecular formula is C26H29N5O2. The first kappa shape index (κ1) is 21.4. The number of likely N-dealkylation sites (tertiary alicyclic amines) is 1. The fourth-order valence-corrected chi connectivity index (χ4v) is 4.58. The van der Waals surface area contributed by atoms with Crippen LogP contribution in [0, 0.1) is 0 Å². The van der Waals surface area contributed by atoms with Gasteiger partial charge in [0.2, 0.25) is 17.7 Å². The molecule has 1 saturated heterocycles. The minimum Gasteiger partial charge on any atom is -0.419 e. The van der Waals surface area contributed by atoms with Crippen LogP contribution in [0.15, 0.2) is 59.1 Å². The van der Waals surface area contributed by atoms with E-state index in [2.05, 4.69) is 27.3 Å². The topological polar surface area (TPSA) is 76.2 Å². The number of hydrogen-bond donors (Lipinski definition) is 1. The van der Waals surface area contributed by atoms with E-state index in [0.717, 1.165) is 47.2 Å². The summed E-state index contributed by atoms with van der Waals surface area (Å²) in [5.74, 6) is 1.06. The highest BCUT2D eigenvalue weighted by atomic mass is 16.4. The third-order valence-corrected chi connectivity index (χ3v) is 6.28. The lowest BCUT2D eigenvalue weighted by atomic mass is 10.1. The summed E-state index contributed by atoms with van der Waals surface area (Å²) in [6.07, 6.45) is 6.54. The molecule has 7 nitrogen and oxygen atoms in total. The molecule has 1 fully saturated rings. The summed E-state index contributed by atoms with van der Waals surface area (Å²) in [5.41, 5.74) is 3.80. The molecule has 0 bridgehead atoms. The molecule has 0 unspecified atom stereocenters. The third-order valence-electron chi connectivity index (χ3n) is 6.28. The lowest BCUT2D eigenvalue weighted by Crippen LogP contribution is -2.29. The van der Waals surface area contributed by atoms with Crippen molar-refractivity contribution in [3.05, 3.63) is 66.2 Å². The van der Waals surface area contributed by atoms with Gasteiger partial charge in [-0.05, 0) is 50.0 Å². The molecule has 7 heteroatoms. The summed E-state index contributed by atoms with van der Waals surface area (Å²) in [4.78, 5) is 15.2. The summed E-state index contributed by atoms with van der Waals surface area (Å²) in [6, 6.07) is 15.9. The van der Waals surface area contributed by atoms with Crippen molar-refractivity contribution in [3.8, 4) is 11.5 Å². The molecule has 1 aliphatic rings. The zero-order valence-electron chi connectivity index (χ0n) is 19.0. The number of piperidine rings is 1. The molecule has 1 amide bonds. The Hall–Kier alpha value is -3.45. The number of anilines is 1. The van der Waals surface area contributed by atoms with Crippen molar-refractivity contribution in [2.75, 3.05) is 18.4 Å². The van der Waals surface area contributed by atoms with E-state index < -0.39 is 0 Å². The molecule has 0 saturated carbocycles. The summed E-state index contributed by atoms with van der Waals surface area (Å²) >= 11 is 0. The third kappa shape index (κ3) is 4.68. The van der Waals surface area contributed by atoms with Gasteiger partial charge in [0.05, 0.1) is 12.1 Å². The maximum absolute atomic E-state index is 12.9. The summed E-state index contributed by atoms with van der Waals surface area (Å²) in [6.45, 7) is 5.12. The first-order valence-electron chi connectivity index (χ1n) is 11.7. The number of rotatable bonds is 7. The average Bonchev–Trinajstić information content (AvgIpc) is 3.45. The van der Waals surface area contributed by atoms with Crippen molar-refractivity contribution in [2.45, 2.75) is 45.7 Å². The Kier molecular flexibility index (Phi) is 6.21. The van der Waals surface area contributed by atoms with Gasteiger partial charge >= 0.3 is 0 Å². The van der Waals surface area contributed by atoms with Gasteiger partial charge in [0.25, 0.3) is 0 Å². The number of benzene rings is 2. The number of carbonyl (C=O) groups is 1. The van der Waals surface area contributed by atoms with E-state index >= 15 is 0 Å². The first-order chi connectivity index (χ1) is 16.2. The molecule has 170 valence electrons. The zero-order valence-corrected chi connectivity index (χ0v) is 19.0.